The normalized spacial score (nSPS) is 20.6. The smallest absolute Gasteiger partial charge is 0.340 e. The maximum atomic E-state index is 13.1. The SMILES string of the molecule is O=C([C@H]1CCCN(c2ncccn2)C1)N1CCN(S(=O)(=O)c2cccc(C(F)(F)F)c2)CC1. The van der Waals surface area contributed by atoms with Gasteiger partial charge in [0.1, 0.15) is 0 Å². The van der Waals surface area contributed by atoms with Gasteiger partial charge in [-0.25, -0.2) is 18.4 Å². The Morgan fingerprint density at radius 1 is 1.00 bits per heavy atom. The second-order valence-corrected chi connectivity index (χ2v) is 10.0. The molecule has 1 aromatic carbocycles. The number of alkyl halides is 3. The van der Waals surface area contributed by atoms with Gasteiger partial charge in [-0.3, -0.25) is 4.79 Å². The number of aromatic nitrogens is 2. The van der Waals surface area contributed by atoms with E-state index < -0.39 is 26.7 Å². The Bertz CT molecular complexity index is 1090. The molecular formula is C21H24F3N5O3S. The summed E-state index contributed by atoms with van der Waals surface area (Å²) in [6.07, 6.45) is 0.217. The highest BCUT2D eigenvalue weighted by atomic mass is 32.2. The lowest BCUT2D eigenvalue weighted by molar-refractivity contribution is -0.138. The second-order valence-electron chi connectivity index (χ2n) is 8.09. The minimum absolute atomic E-state index is 0.0303. The quantitative estimate of drug-likeness (QED) is 0.663. The topological polar surface area (TPSA) is 86.7 Å². The van der Waals surface area contributed by atoms with Gasteiger partial charge in [-0.05, 0) is 37.1 Å². The van der Waals surface area contributed by atoms with Crippen LogP contribution in [0.3, 0.4) is 0 Å². The first-order chi connectivity index (χ1) is 15.7. The van der Waals surface area contributed by atoms with Crippen molar-refractivity contribution in [1.82, 2.24) is 19.2 Å². The van der Waals surface area contributed by atoms with E-state index in [2.05, 4.69) is 9.97 Å². The summed E-state index contributed by atoms with van der Waals surface area (Å²) >= 11 is 0. The number of piperazine rings is 1. The highest BCUT2D eigenvalue weighted by Crippen LogP contribution is 2.31. The van der Waals surface area contributed by atoms with Crippen LogP contribution >= 0.6 is 0 Å². The number of hydrogen-bond donors (Lipinski definition) is 0. The maximum absolute atomic E-state index is 13.1. The molecule has 2 fully saturated rings. The van der Waals surface area contributed by atoms with E-state index in [0.717, 1.165) is 41.9 Å². The summed E-state index contributed by atoms with van der Waals surface area (Å²) in [5, 5.41) is 0. The van der Waals surface area contributed by atoms with Gasteiger partial charge >= 0.3 is 6.18 Å². The molecule has 0 N–H and O–H groups in total. The second kappa shape index (κ2) is 9.26. The molecular weight excluding hydrogens is 459 g/mol. The first-order valence-electron chi connectivity index (χ1n) is 10.6. The van der Waals surface area contributed by atoms with Gasteiger partial charge in [0, 0.05) is 51.7 Å². The van der Waals surface area contributed by atoms with Gasteiger partial charge in [-0.1, -0.05) is 6.07 Å². The molecule has 2 aliphatic rings. The molecule has 0 unspecified atom stereocenters. The van der Waals surface area contributed by atoms with Crippen LogP contribution < -0.4 is 4.90 Å². The molecule has 2 aliphatic heterocycles. The Hall–Kier alpha value is -2.73. The van der Waals surface area contributed by atoms with Crippen molar-refractivity contribution in [3.8, 4) is 0 Å². The largest absolute Gasteiger partial charge is 0.416 e. The molecule has 0 radical (unpaired) electrons. The predicted molar refractivity (Wildman–Crippen MR) is 114 cm³/mol. The Labute approximate surface area is 190 Å². The van der Waals surface area contributed by atoms with Gasteiger partial charge in [-0.2, -0.15) is 17.5 Å². The number of carbonyl (C=O) groups is 1. The lowest BCUT2D eigenvalue weighted by atomic mass is 9.96. The van der Waals surface area contributed by atoms with Crippen LogP contribution in [-0.4, -0.2) is 72.8 Å². The fourth-order valence-electron chi connectivity index (χ4n) is 4.20. The van der Waals surface area contributed by atoms with Crippen LogP contribution in [0.5, 0.6) is 0 Å². The zero-order valence-electron chi connectivity index (χ0n) is 17.8. The summed E-state index contributed by atoms with van der Waals surface area (Å²) in [6, 6.07) is 5.45. The van der Waals surface area contributed by atoms with Crippen molar-refractivity contribution < 1.29 is 26.4 Å². The van der Waals surface area contributed by atoms with E-state index >= 15 is 0 Å². The van der Waals surface area contributed by atoms with E-state index in [4.69, 9.17) is 0 Å². The van der Waals surface area contributed by atoms with Crippen molar-refractivity contribution in [2.45, 2.75) is 23.9 Å². The van der Waals surface area contributed by atoms with Crippen LogP contribution in [0.25, 0.3) is 0 Å². The fourth-order valence-corrected chi connectivity index (χ4v) is 5.67. The minimum Gasteiger partial charge on any atom is -0.340 e. The number of piperidine rings is 1. The van der Waals surface area contributed by atoms with Crippen LogP contribution in [-0.2, 0) is 21.0 Å². The number of amides is 1. The van der Waals surface area contributed by atoms with Crippen molar-refractivity contribution >= 4 is 21.9 Å². The van der Waals surface area contributed by atoms with Crippen LogP contribution in [0, 0.1) is 5.92 Å². The first kappa shape index (κ1) is 23.4. The standard InChI is InChI=1S/C21H24F3N5O3S/c22-21(23,24)17-5-1-6-18(14-17)33(31,32)29-12-10-27(11-13-29)19(30)16-4-2-9-28(15-16)20-25-7-3-8-26-20/h1,3,5-8,14,16H,2,4,9-13,15H2/t16-/m0/s1. The van der Waals surface area contributed by atoms with E-state index in [0.29, 0.717) is 18.6 Å². The van der Waals surface area contributed by atoms with Crippen molar-refractivity contribution in [2.75, 3.05) is 44.2 Å². The van der Waals surface area contributed by atoms with E-state index in [-0.39, 0.29) is 38.0 Å². The predicted octanol–water partition coefficient (Wildman–Crippen LogP) is 2.24. The molecule has 1 aromatic heterocycles. The molecule has 33 heavy (non-hydrogen) atoms. The van der Waals surface area contributed by atoms with Gasteiger partial charge in [0.25, 0.3) is 0 Å². The molecule has 2 aromatic rings. The number of hydrogen-bond acceptors (Lipinski definition) is 6. The van der Waals surface area contributed by atoms with Gasteiger partial charge in [0.15, 0.2) is 0 Å². The van der Waals surface area contributed by atoms with E-state index in [1.807, 2.05) is 4.90 Å². The first-order valence-corrected chi connectivity index (χ1v) is 12.1. The molecule has 178 valence electrons. The van der Waals surface area contributed by atoms with E-state index in [1.165, 1.54) is 0 Å². The number of rotatable bonds is 4. The molecule has 0 spiro atoms. The van der Waals surface area contributed by atoms with Crippen molar-refractivity contribution in [3.05, 3.63) is 48.3 Å². The molecule has 8 nitrogen and oxygen atoms in total. The van der Waals surface area contributed by atoms with E-state index in [9.17, 15) is 26.4 Å². The molecule has 0 aliphatic carbocycles. The number of halogens is 3. The monoisotopic (exact) mass is 483 g/mol. The van der Waals surface area contributed by atoms with Gasteiger partial charge in [0.05, 0.1) is 16.4 Å². The summed E-state index contributed by atoms with van der Waals surface area (Å²) in [7, 11) is -4.09. The maximum Gasteiger partial charge on any atom is 0.416 e. The summed E-state index contributed by atoms with van der Waals surface area (Å²) in [6.45, 7) is 1.69. The number of nitrogens with zero attached hydrogens (tertiary/aromatic N) is 5. The zero-order valence-corrected chi connectivity index (χ0v) is 18.6. The highest BCUT2D eigenvalue weighted by molar-refractivity contribution is 7.89. The zero-order chi connectivity index (χ0) is 23.6. The molecule has 1 atom stereocenters. The van der Waals surface area contributed by atoms with Crippen LogP contribution in [0.2, 0.25) is 0 Å². The lowest BCUT2D eigenvalue weighted by Gasteiger charge is -2.38. The third-order valence-electron chi connectivity index (χ3n) is 5.96. The Balaban J connectivity index is 1.39. The average molecular weight is 484 g/mol. The lowest BCUT2D eigenvalue weighted by Crippen LogP contribution is -2.53. The molecule has 2 saturated heterocycles. The third kappa shape index (κ3) is 5.11. The summed E-state index contributed by atoms with van der Waals surface area (Å²) in [4.78, 5) is 24.8. The number of anilines is 1. The van der Waals surface area contributed by atoms with Crippen LogP contribution in [0.1, 0.15) is 18.4 Å². The number of sulfonamides is 1. The molecule has 1 amide bonds. The van der Waals surface area contributed by atoms with Gasteiger partial charge in [0.2, 0.25) is 21.9 Å². The molecule has 0 bridgehead atoms. The van der Waals surface area contributed by atoms with E-state index in [1.54, 1.807) is 23.4 Å². The van der Waals surface area contributed by atoms with Crippen LogP contribution in [0.4, 0.5) is 19.1 Å². The summed E-state index contributed by atoms with van der Waals surface area (Å²) in [5.74, 6) is 0.285. The summed E-state index contributed by atoms with van der Waals surface area (Å²) < 4.78 is 65.9. The van der Waals surface area contributed by atoms with Crippen molar-refractivity contribution in [1.29, 1.82) is 0 Å². The molecule has 0 saturated carbocycles. The Morgan fingerprint density at radius 2 is 1.70 bits per heavy atom. The fraction of sp³-hybridized carbons (Fsp3) is 0.476. The minimum atomic E-state index is -4.63. The number of carbonyl (C=O) groups excluding carboxylic acids is 1. The van der Waals surface area contributed by atoms with Crippen molar-refractivity contribution in [3.63, 3.8) is 0 Å². The molecule has 12 heteroatoms. The van der Waals surface area contributed by atoms with Crippen molar-refractivity contribution in [2.24, 2.45) is 5.92 Å². The molecule has 4 rings (SSSR count). The third-order valence-corrected chi connectivity index (χ3v) is 7.85. The Morgan fingerprint density at radius 3 is 2.36 bits per heavy atom. The number of benzene rings is 1. The Kier molecular flexibility index (Phi) is 6.57. The van der Waals surface area contributed by atoms with Gasteiger partial charge < -0.3 is 9.80 Å². The van der Waals surface area contributed by atoms with Crippen LogP contribution in [0.15, 0.2) is 47.6 Å². The molecule has 3 heterocycles. The average Bonchev–Trinajstić information content (AvgIpc) is 2.84. The summed E-state index contributed by atoms with van der Waals surface area (Å²) in [5.41, 5.74) is -1.01. The highest BCUT2D eigenvalue weighted by Gasteiger charge is 2.36. The van der Waals surface area contributed by atoms with Gasteiger partial charge in [-0.15, -0.1) is 0 Å².